The third kappa shape index (κ3) is 3.53. The summed E-state index contributed by atoms with van der Waals surface area (Å²) in [6.07, 6.45) is 2.45. The molecule has 2 unspecified atom stereocenters. The Morgan fingerprint density at radius 3 is 2.44 bits per heavy atom. The molecule has 1 aromatic heterocycles. The fraction of sp³-hybridized carbons (Fsp3) is 0.462. The maximum atomic E-state index is 8.85. The van der Waals surface area contributed by atoms with Gasteiger partial charge in [0.05, 0.1) is 37.0 Å². The molecule has 0 radical (unpaired) electrons. The molecule has 1 aromatic rings. The van der Waals surface area contributed by atoms with E-state index in [1.54, 1.807) is 11.1 Å². The lowest BCUT2D eigenvalue weighted by atomic mass is 10.0. The average molecular weight is 243 g/mol. The van der Waals surface area contributed by atoms with Crippen molar-refractivity contribution in [3.05, 3.63) is 30.1 Å². The number of hydrogen-bond donors (Lipinski definition) is 1. The van der Waals surface area contributed by atoms with Gasteiger partial charge in [0.1, 0.15) is 0 Å². The summed E-state index contributed by atoms with van der Waals surface area (Å²) in [5.41, 5.74) is 6.91. The molecule has 0 saturated heterocycles. The molecule has 0 amide bonds. The van der Waals surface area contributed by atoms with Crippen LogP contribution in [0.2, 0.25) is 0 Å². The van der Waals surface area contributed by atoms with Crippen LogP contribution in [-0.2, 0) is 0 Å². The van der Waals surface area contributed by atoms with Crippen molar-refractivity contribution in [2.75, 3.05) is 13.1 Å². The van der Waals surface area contributed by atoms with Gasteiger partial charge in [-0.25, -0.2) is 0 Å². The molecule has 18 heavy (non-hydrogen) atoms. The molecule has 94 valence electrons. The predicted octanol–water partition coefficient (Wildman–Crippen LogP) is 1.21. The van der Waals surface area contributed by atoms with Crippen LogP contribution < -0.4 is 5.73 Å². The van der Waals surface area contributed by atoms with Crippen molar-refractivity contribution in [1.29, 1.82) is 10.5 Å². The van der Waals surface area contributed by atoms with Crippen molar-refractivity contribution < 1.29 is 0 Å². The third-order valence-electron chi connectivity index (χ3n) is 2.81. The smallest absolute Gasteiger partial charge is 0.0880 e. The second-order valence-electron chi connectivity index (χ2n) is 3.99. The first kappa shape index (κ1) is 14.1. The van der Waals surface area contributed by atoms with Gasteiger partial charge in [0.25, 0.3) is 0 Å². The summed E-state index contributed by atoms with van der Waals surface area (Å²) in [5, 5.41) is 17.7. The van der Waals surface area contributed by atoms with E-state index < -0.39 is 0 Å². The number of nitriles is 2. The lowest BCUT2D eigenvalue weighted by Gasteiger charge is -2.31. The highest BCUT2D eigenvalue weighted by molar-refractivity contribution is 5.12. The van der Waals surface area contributed by atoms with Gasteiger partial charge in [-0.05, 0) is 18.6 Å². The second kappa shape index (κ2) is 7.39. The maximum absolute atomic E-state index is 8.85. The topological polar surface area (TPSA) is 89.7 Å². The lowest BCUT2D eigenvalue weighted by Crippen LogP contribution is -2.41. The van der Waals surface area contributed by atoms with E-state index in [9.17, 15) is 0 Å². The van der Waals surface area contributed by atoms with Crippen LogP contribution in [0.25, 0.3) is 0 Å². The normalized spacial score (nSPS) is 13.6. The van der Waals surface area contributed by atoms with Crippen molar-refractivity contribution >= 4 is 0 Å². The van der Waals surface area contributed by atoms with Gasteiger partial charge >= 0.3 is 0 Å². The van der Waals surface area contributed by atoms with Crippen LogP contribution in [0.1, 0.15) is 25.1 Å². The molecule has 0 bridgehead atoms. The first-order valence-corrected chi connectivity index (χ1v) is 5.89. The zero-order valence-electron chi connectivity index (χ0n) is 10.5. The first-order valence-electron chi connectivity index (χ1n) is 5.89. The van der Waals surface area contributed by atoms with E-state index in [2.05, 4.69) is 17.1 Å². The van der Waals surface area contributed by atoms with Crippen LogP contribution in [0.5, 0.6) is 0 Å². The van der Waals surface area contributed by atoms with E-state index in [0.717, 1.165) is 12.1 Å². The molecule has 0 aliphatic carbocycles. The molecular weight excluding hydrogens is 226 g/mol. The molecule has 5 heteroatoms. The Morgan fingerprint density at radius 2 is 2.00 bits per heavy atom. The minimum Gasteiger partial charge on any atom is -0.326 e. The van der Waals surface area contributed by atoms with E-state index in [4.69, 9.17) is 16.3 Å². The second-order valence-corrected chi connectivity index (χ2v) is 3.99. The molecule has 2 atom stereocenters. The lowest BCUT2D eigenvalue weighted by molar-refractivity contribution is 0.207. The van der Waals surface area contributed by atoms with Crippen molar-refractivity contribution in [2.45, 2.75) is 25.4 Å². The van der Waals surface area contributed by atoms with Crippen LogP contribution >= 0.6 is 0 Å². The summed E-state index contributed by atoms with van der Waals surface area (Å²) in [7, 11) is 0. The van der Waals surface area contributed by atoms with Crippen LogP contribution in [0.4, 0.5) is 0 Å². The van der Waals surface area contributed by atoms with Crippen molar-refractivity contribution in [2.24, 2.45) is 5.73 Å². The molecule has 5 nitrogen and oxygen atoms in total. The minimum atomic E-state index is -0.199. The Kier molecular flexibility index (Phi) is 5.79. The van der Waals surface area contributed by atoms with Gasteiger partial charge in [-0.1, -0.05) is 13.0 Å². The van der Waals surface area contributed by atoms with Gasteiger partial charge < -0.3 is 5.73 Å². The Balaban J connectivity index is 3.04. The molecule has 0 spiro atoms. The van der Waals surface area contributed by atoms with Crippen molar-refractivity contribution in [1.82, 2.24) is 9.88 Å². The number of nitrogens with two attached hydrogens (primary N) is 1. The van der Waals surface area contributed by atoms with Gasteiger partial charge in [-0.2, -0.15) is 10.5 Å². The molecule has 0 saturated carbocycles. The SMILES string of the molecule is CCC(N)C(c1ccccn1)N(CC#N)CC#N. The first-order chi connectivity index (χ1) is 8.74. The number of aromatic nitrogens is 1. The summed E-state index contributed by atoms with van der Waals surface area (Å²) in [5.74, 6) is 0. The quantitative estimate of drug-likeness (QED) is 0.758. The highest BCUT2D eigenvalue weighted by Crippen LogP contribution is 2.22. The monoisotopic (exact) mass is 243 g/mol. The molecular formula is C13H17N5. The fourth-order valence-corrected chi connectivity index (χ4v) is 1.89. The summed E-state index contributed by atoms with van der Waals surface area (Å²) in [4.78, 5) is 6.05. The Labute approximate surface area is 107 Å². The van der Waals surface area contributed by atoms with Crippen molar-refractivity contribution in [3.8, 4) is 12.1 Å². The highest BCUT2D eigenvalue weighted by Gasteiger charge is 2.26. The molecule has 0 aromatic carbocycles. The summed E-state index contributed by atoms with van der Waals surface area (Å²) >= 11 is 0. The Bertz CT molecular complexity index is 415. The van der Waals surface area contributed by atoms with E-state index in [-0.39, 0.29) is 25.2 Å². The highest BCUT2D eigenvalue weighted by atomic mass is 15.2. The van der Waals surface area contributed by atoms with E-state index in [0.29, 0.717) is 0 Å². The Morgan fingerprint density at radius 1 is 1.33 bits per heavy atom. The van der Waals surface area contributed by atoms with Gasteiger partial charge in [-0.15, -0.1) is 0 Å². The van der Waals surface area contributed by atoms with Gasteiger partial charge in [0, 0.05) is 12.2 Å². The van der Waals surface area contributed by atoms with Crippen LogP contribution in [-0.4, -0.2) is 29.0 Å². The number of pyridine rings is 1. The molecule has 1 heterocycles. The van der Waals surface area contributed by atoms with E-state index in [1.165, 1.54) is 0 Å². The summed E-state index contributed by atoms with van der Waals surface area (Å²) < 4.78 is 0. The number of nitrogens with zero attached hydrogens (tertiary/aromatic N) is 4. The standard InChI is InChI=1S/C13H17N5/c1-2-11(16)13(12-5-3-4-8-17-12)18(9-6-14)10-7-15/h3-5,8,11,13H,2,9-10,16H2,1H3. The molecule has 0 aliphatic rings. The van der Waals surface area contributed by atoms with Crippen LogP contribution in [0.3, 0.4) is 0 Å². The van der Waals surface area contributed by atoms with E-state index >= 15 is 0 Å². The Hall–Kier alpha value is -1.95. The van der Waals surface area contributed by atoms with Crippen molar-refractivity contribution in [3.63, 3.8) is 0 Å². The largest absolute Gasteiger partial charge is 0.326 e. The van der Waals surface area contributed by atoms with Gasteiger partial charge in [-0.3, -0.25) is 9.88 Å². The molecule has 0 aliphatic heterocycles. The van der Waals surface area contributed by atoms with Crippen LogP contribution in [0, 0.1) is 22.7 Å². The van der Waals surface area contributed by atoms with Crippen LogP contribution in [0.15, 0.2) is 24.4 Å². The summed E-state index contributed by atoms with van der Waals surface area (Å²) in [6, 6.07) is 9.39. The molecule has 0 fully saturated rings. The number of hydrogen-bond acceptors (Lipinski definition) is 5. The zero-order chi connectivity index (χ0) is 13.4. The van der Waals surface area contributed by atoms with E-state index in [1.807, 2.05) is 25.1 Å². The van der Waals surface area contributed by atoms with Gasteiger partial charge in [0.2, 0.25) is 0 Å². The average Bonchev–Trinajstić information content (AvgIpc) is 2.40. The zero-order valence-corrected chi connectivity index (χ0v) is 10.5. The minimum absolute atomic E-state index is 0.151. The predicted molar refractivity (Wildman–Crippen MR) is 68.0 cm³/mol. The fourth-order valence-electron chi connectivity index (χ4n) is 1.89. The van der Waals surface area contributed by atoms with Gasteiger partial charge in [0.15, 0.2) is 0 Å². The maximum Gasteiger partial charge on any atom is 0.0880 e. The molecule has 2 N–H and O–H groups in total. The summed E-state index contributed by atoms with van der Waals surface area (Å²) in [6.45, 7) is 2.32. The third-order valence-corrected chi connectivity index (χ3v) is 2.81. The molecule has 1 rings (SSSR count). The number of rotatable bonds is 6.